The Morgan fingerprint density at radius 1 is 0.917 bits per heavy atom. The highest BCUT2D eigenvalue weighted by molar-refractivity contribution is 7.91. The molecule has 0 bridgehead atoms. The zero-order valence-electron chi connectivity index (χ0n) is 28.6. The zero-order valence-corrected chi connectivity index (χ0v) is 29.4. The third kappa shape index (κ3) is 10.2. The first-order chi connectivity index (χ1) is 22.7. The van der Waals surface area contributed by atoms with E-state index >= 15 is 0 Å². The number of carbonyl (C=O) groups excluding carboxylic acids is 6. The fraction of sp³-hybridized carbons (Fsp3) is 0.824. The van der Waals surface area contributed by atoms with Crippen molar-refractivity contribution in [3.05, 3.63) is 0 Å². The minimum Gasteiger partial charge on any atom is -0.363 e. The molecule has 4 fully saturated rings. The summed E-state index contributed by atoms with van der Waals surface area (Å²) in [5.74, 6) is -3.68. The Balaban J connectivity index is 1.51. The molecule has 0 aromatic heterocycles. The molecule has 0 aromatic carbocycles. The van der Waals surface area contributed by atoms with Gasteiger partial charge in [-0.05, 0) is 56.3 Å². The average molecular weight is 694 g/mol. The topological polar surface area (TPSA) is 202 Å². The van der Waals surface area contributed by atoms with Crippen LogP contribution in [0, 0.1) is 17.8 Å². The number of ketones is 2. The maximum absolute atomic E-state index is 14.3. The molecule has 0 aromatic rings. The van der Waals surface area contributed by atoms with Crippen molar-refractivity contribution < 1.29 is 37.2 Å². The lowest BCUT2D eigenvalue weighted by Gasteiger charge is -2.39. The summed E-state index contributed by atoms with van der Waals surface area (Å²) in [5.41, 5.74) is 4.31. The van der Waals surface area contributed by atoms with E-state index in [9.17, 15) is 37.2 Å². The van der Waals surface area contributed by atoms with Gasteiger partial charge in [-0.3, -0.25) is 24.0 Å². The fourth-order valence-corrected chi connectivity index (χ4v) is 9.95. The number of Topliss-reactive ketones (excluding diaryl/α,β-unsaturated/α-hetero) is 2. The molecule has 3 atom stereocenters. The maximum atomic E-state index is 14.3. The summed E-state index contributed by atoms with van der Waals surface area (Å²) in [6.07, 6.45) is 10.8. The van der Waals surface area contributed by atoms with Gasteiger partial charge in [0.05, 0.1) is 29.6 Å². The molecule has 4 aliphatic rings. The SMILES string of the molecule is CC(C)CCS(=O)(=O)CC1(NC(=O)N[C@H](C(=O)N2CC(=O)C[C@H]2C(=O)NC(CC2CCC2)C(=O)C(N)=O)C2CCCCC2)CCCCC1. The van der Waals surface area contributed by atoms with E-state index in [0.29, 0.717) is 32.1 Å². The number of carbonyl (C=O) groups is 6. The molecule has 13 nitrogen and oxygen atoms in total. The largest absolute Gasteiger partial charge is 0.363 e. The van der Waals surface area contributed by atoms with Crippen LogP contribution in [0.5, 0.6) is 0 Å². The van der Waals surface area contributed by atoms with Crippen LogP contribution in [0.25, 0.3) is 0 Å². The predicted molar refractivity (Wildman–Crippen MR) is 179 cm³/mol. The van der Waals surface area contributed by atoms with Crippen molar-refractivity contribution in [1.29, 1.82) is 0 Å². The number of hydrogen-bond acceptors (Lipinski definition) is 8. The molecule has 1 heterocycles. The molecule has 1 saturated heterocycles. The molecule has 0 radical (unpaired) electrons. The summed E-state index contributed by atoms with van der Waals surface area (Å²) in [4.78, 5) is 79.8. The first-order valence-electron chi connectivity index (χ1n) is 17.9. The van der Waals surface area contributed by atoms with E-state index < -0.39 is 63.0 Å². The van der Waals surface area contributed by atoms with Crippen LogP contribution in [-0.2, 0) is 33.8 Å². The van der Waals surface area contributed by atoms with Gasteiger partial charge in [0, 0.05) is 6.42 Å². The van der Waals surface area contributed by atoms with Crippen LogP contribution < -0.4 is 21.7 Å². The van der Waals surface area contributed by atoms with Gasteiger partial charge in [0.2, 0.25) is 17.6 Å². The van der Waals surface area contributed by atoms with Crippen LogP contribution >= 0.6 is 0 Å². The Bertz CT molecular complexity index is 1320. The summed E-state index contributed by atoms with van der Waals surface area (Å²) in [6, 6.07) is -4.03. The van der Waals surface area contributed by atoms with E-state index in [1.807, 2.05) is 13.8 Å². The normalized spacial score (nSPS) is 23.2. The molecular formula is C34H55N5O8S. The number of sulfone groups is 1. The van der Waals surface area contributed by atoms with E-state index in [1.54, 1.807) is 0 Å². The van der Waals surface area contributed by atoms with E-state index in [4.69, 9.17) is 5.73 Å². The third-order valence-corrected chi connectivity index (χ3v) is 12.6. The second-order valence-electron chi connectivity index (χ2n) is 15.1. The van der Waals surface area contributed by atoms with Crippen LogP contribution in [0.1, 0.15) is 117 Å². The minimum atomic E-state index is -3.46. The van der Waals surface area contributed by atoms with Gasteiger partial charge in [-0.15, -0.1) is 0 Å². The number of primary amides is 1. The molecule has 5 N–H and O–H groups in total. The van der Waals surface area contributed by atoms with Crippen LogP contribution in [0.2, 0.25) is 0 Å². The third-order valence-electron chi connectivity index (χ3n) is 10.8. The molecule has 3 saturated carbocycles. The van der Waals surface area contributed by atoms with Gasteiger partial charge < -0.3 is 26.6 Å². The van der Waals surface area contributed by atoms with E-state index in [-0.39, 0.29) is 54.4 Å². The minimum absolute atomic E-state index is 0.0396. The number of rotatable bonds is 15. The van der Waals surface area contributed by atoms with Crippen molar-refractivity contribution in [2.45, 2.75) is 140 Å². The monoisotopic (exact) mass is 693 g/mol. The first-order valence-corrected chi connectivity index (χ1v) is 19.8. The lowest BCUT2D eigenvalue weighted by molar-refractivity contribution is -0.143. The van der Waals surface area contributed by atoms with Crippen LogP contribution in [0.4, 0.5) is 4.79 Å². The van der Waals surface area contributed by atoms with Gasteiger partial charge in [0.1, 0.15) is 12.1 Å². The van der Waals surface area contributed by atoms with Crippen molar-refractivity contribution in [3.8, 4) is 0 Å². The fourth-order valence-electron chi connectivity index (χ4n) is 7.78. The Labute approximate surface area is 284 Å². The molecule has 270 valence electrons. The number of amides is 5. The molecule has 5 amide bonds. The zero-order chi connectivity index (χ0) is 35.1. The number of likely N-dealkylation sites (tertiary alicyclic amines) is 1. The summed E-state index contributed by atoms with van der Waals surface area (Å²) >= 11 is 0. The molecule has 48 heavy (non-hydrogen) atoms. The molecule has 3 aliphatic carbocycles. The Kier molecular flexibility index (Phi) is 13.1. The highest BCUT2D eigenvalue weighted by Gasteiger charge is 2.46. The van der Waals surface area contributed by atoms with Crippen LogP contribution in [0.15, 0.2) is 0 Å². The van der Waals surface area contributed by atoms with E-state index in [1.165, 1.54) is 4.90 Å². The standard InChI is InChI=1S/C34H55N5O8S/c1-22(2)14-17-48(46,47)21-34(15-7-4-8-16-34)38-33(45)37-28(24-12-5-3-6-13-24)32(44)39-20-25(40)19-27(39)31(43)36-26(29(41)30(35)42)18-23-10-9-11-23/h22-24,26-28H,3-21H2,1-2H3,(H2,35,42)(H,36,43)(H2,37,38,45)/t26?,27-,28-/m0/s1. The van der Waals surface area contributed by atoms with Crippen molar-refractivity contribution in [2.75, 3.05) is 18.1 Å². The molecule has 1 aliphatic heterocycles. The molecular weight excluding hydrogens is 638 g/mol. The summed E-state index contributed by atoms with van der Waals surface area (Å²) in [5, 5.41) is 8.46. The Hall–Kier alpha value is -3.03. The van der Waals surface area contributed by atoms with Crippen molar-refractivity contribution in [2.24, 2.45) is 23.5 Å². The predicted octanol–water partition coefficient (Wildman–Crippen LogP) is 2.30. The summed E-state index contributed by atoms with van der Waals surface area (Å²) in [6.45, 7) is 3.62. The Morgan fingerprint density at radius 3 is 2.15 bits per heavy atom. The highest BCUT2D eigenvalue weighted by atomic mass is 32.2. The number of nitrogens with one attached hydrogen (secondary N) is 3. The van der Waals surface area contributed by atoms with E-state index in [2.05, 4.69) is 16.0 Å². The number of hydrogen-bond donors (Lipinski definition) is 4. The van der Waals surface area contributed by atoms with Crippen molar-refractivity contribution >= 4 is 45.2 Å². The number of nitrogens with two attached hydrogens (primary N) is 1. The second-order valence-corrected chi connectivity index (χ2v) is 17.3. The first kappa shape index (κ1) is 37.8. The quantitative estimate of drug-likeness (QED) is 0.187. The number of nitrogens with zero attached hydrogens (tertiary/aromatic N) is 1. The van der Waals surface area contributed by atoms with Gasteiger partial charge in [-0.1, -0.05) is 71.6 Å². The highest BCUT2D eigenvalue weighted by Crippen LogP contribution is 2.33. The summed E-state index contributed by atoms with van der Waals surface area (Å²) in [7, 11) is -3.46. The maximum Gasteiger partial charge on any atom is 0.315 e. The van der Waals surface area contributed by atoms with Crippen LogP contribution in [-0.4, -0.2) is 90.4 Å². The van der Waals surface area contributed by atoms with Gasteiger partial charge in [-0.2, -0.15) is 0 Å². The molecule has 0 spiro atoms. The van der Waals surface area contributed by atoms with Gasteiger partial charge in [0.15, 0.2) is 15.6 Å². The molecule has 14 heteroatoms. The van der Waals surface area contributed by atoms with Gasteiger partial charge in [0.25, 0.3) is 5.91 Å². The summed E-state index contributed by atoms with van der Waals surface area (Å²) < 4.78 is 26.3. The lowest BCUT2D eigenvalue weighted by Crippen LogP contribution is -2.62. The van der Waals surface area contributed by atoms with Crippen molar-refractivity contribution in [1.82, 2.24) is 20.9 Å². The van der Waals surface area contributed by atoms with Gasteiger partial charge in [-0.25, -0.2) is 13.2 Å². The lowest BCUT2D eigenvalue weighted by atomic mass is 9.80. The Morgan fingerprint density at radius 2 is 1.56 bits per heavy atom. The molecule has 1 unspecified atom stereocenters. The van der Waals surface area contributed by atoms with E-state index in [0.717, 1.165) is 57.8 Å². The number of urea groups is 1. The molecule has 4 rings (SSSR count). The average Bonchev–Trinajstić information content (AvgIpc) is 3.41. The smallest absolute Gasteiger partial charge is 0.315 e. The van der Waals surface area contributed by atoms with Gasteiger partial charge >= 0.3 is 6.03 Å². The van der Waals surface area contributed by atoms with Crippen LogP contribution in [0.3, 0.4) is 0 Å². The van der Waals surface area contributed by atoms with Crippen molar-refractivity contribution in [3.63, 3.8) is 0 Å². The second kappa shape index (κ2) is 16.6.